The maximum Gasteiger partial charge on any atom is 0.251 e. The summed E-state index contributed by atoms with van der Waals surface area (Å²) in [4.78, 5) is 25.7. The summed E-state index contributed by atoms with van der Waals surface area (Å²) in [5, 5.41) is 21.5. The number of nitrogens with one attached hydrogen (secondary N) is 4. The standard InChI is InChI=1S/C24H38N8O4/c25-10-14-35-16-17-36-15-12-26-21(34)18-6-8-20(9-7-18)29-24-31-22(27-11-13-33)30-23(32-24)28-19-4-2-1-3-5-19/h6-9,19,33H,1-5,10-17,25H2,(H,26,34)(H3,27,28,29,30,31,32). The number of amides is 1. The first-order valence-electron chi connectivity index (χ1n) is 12.6. The summed E-state index contributed by atoms with van der Waals surface area (Å²) in [5.74, 6) is 1.06. The molecule has 0 atom stereocenters. The normalized spacial score (nSPS) is 13.8. The van der Waals surface area contributed by atoms with Gasteiger partial charge in [0, 0.05) is 36.9 Å². The third kappa shape index (κ3) is 9.90. The third-order valence-electron chi connectivity index (χ3n) is 5.54. The van der Waals surface area contributed by atoms with Crippen molar-refractivity contribution >= 4 is 29.4 Å². The number of hydrogen-bond donors (Lipinski definition) is 6. The third-order valence-corrected chi connectivity index (χ3v) is 5.54. The van der Waals surface area contributed by atoms with Crippen molar-refractivity contribution in [1.82, 2.24) is 20.3 Å². The van der Waals surface area contributed by atoms with Gasteiger partial charge in [0.15, 0.2) is 0 Å². The van der Waals surface area contributed by atoms with Crippen LogP contribution in [0.4, 0.5) is 23.5 Å². The number of aromatic nitrogens is 3. The predicted octanol–water partition coefficient (Wildman–Crippen LogP) is 1.49. The molecule has 12 nitrogen and oxygen atoms in total. The number of nitrogens with zero attached hydrogens (tertiary/aromatic N) is 3. The largest absolute Gasteiger partial charge is 0.395 e. The van der Waals surface area contributed by atoms with Crippen LogP contribution in [0, 0.1) is 0 Å². The average molecular weight is 503 g/mol. The lowest BCUT2D eigenvalue weighted by Crippen LogP contribution is -2.27. The van der Waals surface area contributed by atoms with Crippen molar-refractivity contribution in [2.75, 3.05) is 68.6 Å². The Kier molecular flexibility index (Phi) is 12.1. The summed E-state index contributed by atoms with van der Waals surface area (Å²) in [5.41, 5.74) is 6.61. The van der Waals surface area contributed by atoms with Gasteiger partial charge in [-0.1, -0.05) is 19.3 Å². The molecule has 1 aliphatic carbocycles. The van der Waals surface area contributed by atoms with Crippen LogP contribution in [-0.4, -0.2) is 84.7 Å². The Morgan fingerprint density at radius 2 is 1.61 bits per heavy atom. The maximum absolute atomic E-state index is 12.4. The highest BCUT2D eigenvalue weighted by atomic mass is 16.5. The zero-order valence-corrected chi connectivity index (χ0v) is 20.7. The van der Waals surface area contributed by atoms with E-state index in [1.54, 1.807) is 24.3 Å². The molecule has 1 amide bonds. The molecule has 1 heterocycles. The molecule has 0 aliphatic heterocycles. The minimum atomic E-state index is -0.181. The van der Waals surface area contributed by atoms with E-state index in [2.05, 4.69) is 36.2 Å². The summed E-state index contributed by atoms with van der Waals surface area (Å²) in [7, 11) is 0. The summed E-state index contributed by atoms with van der Waals surface area (Å²) < 4.78 is 10.6. The maximum atomic E-state index is 12.4. The van der Waals surface area contributed by atoms with Gasteiger partial charge in [-0.25, -0.2) is 0 Å². The highest BCUT2D eigenvalue weighted by Crippen LogP contribution is 2.22. The summed E-state index contributed by atoms with van der Waals surface area (Å²) >= 11 is 0. The smallest absolute Gasteiger partial charge is 0.251 e. The second-order valence-electron chi connectivity index (χ2n) is 8.41. The molecule has 3 rings (SSSR count). The topological polar surface area (TPSA) is 169 Å². The van der Waals surface area contributed by atoms with Gasteiger partial charge in [-0.15, -0.1) is 0 Å². The van der Waals surface area contributed by atoms with Crippen LogP contribution in [0.1, 0.15) is 42.5 Å². The zero-order chi connectivity index (χ0) is 25.4. The molecule has 1 saturated carbocycles. The van der Waals surface area contributed by atoms with E-state index in [1.165, 1.54) is 19.3 Å². The Morgan fingerprint density at radius 1 is 0.917 bits per heavy atom. The lowest BCUT2D eigenvalue weighted by Gasteiger charge is -2.23. The van der Waals surface area contributed by atoms with Crippen molar-refractivity contribution in [1.29, 1.82) is 0 Å². The quantitative estimate of drug-likeness (QED) is 0.184. The molecule has 0 saturated heterocycles. The van der Waals surface area contributed by atoms with Crippen LogP contribution in [-0.2, 0) is 9.47 Å². The van der Waals surface area contributed by atoms with Gasteiger partial charge in [0.05, 0.1) is 33.0 Å². The van der Waals surface area contributed by atoms with Gasteiger partial charge < -0.3 is 41.6 Å². The molecule has 7 N–H and O–H groups in total. The van der Waals surface area contributed by atoms with E-state index in [0.717, 1.165) is 18.5 Å². The fourth-order valence-corrected chi connectivity index (χ4v) is 3.75. The van der Waals surface area contributed by atoms with Gasteiger partial charge in [0.1, 0.15) is 0 Å². The van der Waals surface area contributed by atoms with Crippen molar-refractivity contribution in [3.63, 3.8) is 0 Å². The van der Waals surface area contributed by atoms with Crippen molar-refractivity contribution in [2.45, 2.75) is 38.1 Å². The zero-order valence-electron chi connectivity index (χ0n) is 20.7. The second-order valence-corrected chi connectivity index (χ2v) is 8.41. The van der Waals surface area contributed by atoms with Gasteiger partial charge in [-0.3, -0.25) is 4.79 Å². The second kappa shape index (κ2) is 15.8. The Balaban J connectivity index is 1.51. The highest BCUT2D eigenvalue weighted by Gasteiger charge is 2.16. The van der Waals surface area contributed by atoms with Gasteiger partial charge in [-0.2, -0.15) is 15.0 Å². The molecule has 2 aromatic rings. The van der Waals surface area contributed by atoms with E-state index < -0.39 is 0 Å². The predicted molar refractivity (Wildman–Crippen MR) is 139 cm³/mol. The van der Waals surface area contributed by atoms with Crippen molar-refractivity contribution in [3.05, 3.63) is 29.8 Å². The molecule has 0 spiro atoms. The van der Waals surface area contributed by atoms with Crippen LogP contribution >= 0.6 is 0 Å². The molecule has 36 heavy (non-hydrogen) atoms. The number of ether oxygens (including phenoxy) is 2. The van der Waals surface area contributed by atoms with E-state index in [4.69, 9.17) is 20.3 Å². The average Bonchev–Trinajstić information content (AvgIpc) is 2.90. The number of carbonyl (C=O) groups is 1. The lowest BCUT2D eigenvalue weighted by atomic mass is 9.96. The summed E-state index contributed by atoms with van der Waals surface area (Å²) in [6.07, 6.45) is 5.83. The number of hydrogen-bond acceptors (Lipinski definition) is 11. The number of aliphatic hydroxyl groups is 1. The van der Waals surface area contributed by atoms with Gasteiger partial charge >= 0.3 is 0 Å². The van der Waals surface area contributed by atoms with Gasteiger partial charge in [0.2, 0.25) is 17.8 Å². The Bertz CT molecular complexity index is 909. The van der Waals surface area contributed by atoms with E-state index in [9.17, 15) is 4.79 Å². The highest BCUT2D eigenvalue weighted by molar-refractivity contribution is 5.94. The Morgan fingerprint density at radius 3 is 2.33 bits per heavy atom. The van der Waals surface area contributed by atoms with Crippen LogP contribution in [0.25, 0.3) is 0 Å². The van der Waals surface area contributed by atoms with Crippen molar-refractivity contribution in [2.24, 2.45) is 5.73 Å². The van der Waals surface area contributed by atoms with Crippen LogP contribution in [0.3, 0.4) is 0 Å². The molecule has 1 fully saturated rings. The molecule has 1 aromatic heterocycles. The minimum absolute atomic E-state index is 0.0291. The molecular formula is C24H38N8O4. The fourth-order valence-electron chi connectivity index (χ4n) is 3.75. The van der Waals surface area contributed by atoms with Crippen molar-refractivity contribution < 1.29 is 19.4 Å². The number of anilines is 4. The minimum Gasteiger partial charge on any atom is -0.395 e. The van der Waals surface area contributed by atoms with E-state index in [-0.39, 0.29) is 12.5 Å². The molecule has 0 unspecified atom stereocenters. The lowest BCUT2D eigenvalue weighted by molar-refractivity contribution is 0.0511. The molecule has 0 bridgehead atoms. The summed E-state index contributed by atoms with van der Waals surface area (Å²) in [6.45, 7) is 3.06. The number of aliphatic hydroxyl groups excluding tert-OH is 1. The van der Waals surface area contributed by atoms with Crippen LogP contribution in [0.2, 0.25) is 0 Å². The van der Waals surface area contributed by atoms with Gasteiger partial charge in [-0.05, 0) is 37.1 Å². The number of nitrogens with two attached hydrogens (primary N) is 1. The Hall–Kier alpha value is -3.06. The van der Waals surface area contributed by atoms with E-state index >= 15 is 0 Å². The van der Waals surface area contributed by atoms with Crippen LogP contribution in [0.5, 0.6) is 0 Å². The van der Waals surface area contributed by atoms with Crippen LogP contribution in [0.15, 0.2) is 24.3 Å². The molecule has 1 aromatic carbocycles. The molecule has 198 valence electrons. The molecule has 0 radical (unpaired) electrons. The van der Waals surface area contributed by atoms with Crippen molar-refractivity contribution in [3.8, 4) is 0 Å². The SMILES string of the molecule is NCCOCCOCCNC(=O)c1ccc(Nc2nc(NCCO)nc(NC3CCCCC3)n2)cc1. The molecular weight excluding hydrogens is 464 g/mol. The first kappa shape index (κ1) is 27.5. The van der Waals surface area contributed by atoms with Gasteiger partial charge in [0.25, 0.3) is 5.91 Å². The monoisotopic (exact) mass is 502 g/mol. The molecule has 1 aliphatic rings. The summed E-state index contributed by atoms with van der Waals surface area (Å²) in [6, 6.07) is 7.38. The number of carbonyl (C=O) groups excluding carboxylic acids is 1. The van der Waals surface area contributed by atoms with E-state index in [0.29, 0.717) is 75.5 Å². The Labute approximate surface area is 211 Å². The first-order valence-corrected chi connectivity index (χ1v) is 12.6. The molecule has 12 heteroatoms. The number of rotatable bonds is 16. The number of benzene rings is 1. The first-order chi connectivity index (χ1) is 17.7. The van der Waals surface area contributed by atoms with E-state index in [1.807, 2.05) is 0 Å². The van der Waals surface area contributed by atoms with Crippen LogP contribution < -0.4 is 27.0 Å². The fraction of sp³-hybridized carbons (Fsp3) is 0.583.